The molecule has 2 aromatic rings. The summed E-state index contributed by atoms with van der Waals surface area (Å²) in [7, 11) is -2.28. The summed E-state index contributed by atoms with van der Waals surface area (Å²) in [6.07, 6.45) is 2.33. The Bertz CT molecular complexity index is 671. The van der Waals surface area contributed by atoms with Crippen molar-refractivity contribution in [3.63, 3.8) is 0 Å². The van der Waals surface area contributed by atoms with Gasteiger partial charge in [0.2, 0.25) is 0 Å². The molecule has 1 aromatic heterocycles. The molecule has 0 unspecified atom stereocenters. The van der Waals surface area contributed by atoms with Gasteiger partial charge in [0.05, 0.1) is 13.3 Å². The van der Waals surface area contributed by atoms with Crippen molar-refractivity contribution in [1.82, 2.24) is 9.97 Å². The van der Waals surface area contributed by atoms with E-state index in [0.29, 0.717) is 11.4 Å². The molecular weight excluding hydrogens is 268 g/mol. The van der Waals surface area contributed by atoms with E-state index in [4.69, 9.17) is 10.5 Å². The molecule has 0 radical (unpaired) electrons. The summed E-state index contributed by atoms with van der Waals surface area (Å²) in [6.45, 7) is 0. The molecule has 0 saturated heterocycles. The Morgan fingerprint density at radius 2 is 1.95 bits per heavy atom. The lowest BCUT2D eigenvalue weighted by Crippen LogP contribution is -2.15. The predicted molar refractivity (Wildman–Crippen MR) is 70.2 cm³/mol. The quantitative estimate of drug-likeness (QED) is 0.860. The number of sulfonamides is 1. The molecule has 19 heavy (non-hydrogen) atoms. The Morgan fingerprint density at radius 1 is 1.26 bits per heavy atom. The molecule has 0 spiro atoms. The smallest absolute Gasteiger partial charge is 0.267 e. The lowest BCUT2D eigenvalue weighted by Gasteiger charge is -2.09. The van der Waals surface area contributed by atoms with Crippen molar-refractivity contribution in [2.45, 2.75) is 4.90 Å². The molecule has 0 saturated carbocycles. The third-order valence-electron chi connectivity index (χ3n) is 2.34. The fourth-order valence-corrected chi connectivity index (χ4v) is 2.49. The Morgan fingerprint density at radius 3 is 2.53 bits per heavy atom. The highest BCUT2D eigenvalue weighted by Gasteiger charge is 2.18. The molecule has 7 nitrogen and oxygen atoms in total. The zero-order valence-electron chi connectivity index (χ0n) is 10.1. The van der Waals surface area contributed by atoms with Crippen LogP contribution in [0.5, 0.6) is 5.75 Å². The molecule has 1 heterocycles. The predicted octanol–water partition coefficient (Wildman–Crippen LogP) is 0.868. The summed E-state index contributed by atoms with van der Waals surface area (Å²) >= 11 is 0. The van der Waals surface area contributed by atoms with E-state index in [0.717, 1.165) is 6.20 Å². The first-order chi connectivity index (χ1) is 9.03. The largest absolute Gasteiger partial charge is 0.497 e. The molecule has 100 valence electrons. The maximum absolute atomic E-state index is 12.1. The van der Waals surface area contributed by atoms with Crippen molar-refractivity contribution >= 4 is 21.5 Å². The highest BCUT2D eigenvalue weighted by Crippen LogP contribution is 2.20. The monoisotopic (exact) mass is 280 g/mol. The number of ether oxygens (including phenoxy) is 1. The highest BCUT2D eigenvalue weighted by atomic mass is 32.2. The minimum atomic E-state index is -3.80. The van der Waals surface area contributed by atoms with Gasteiger partial charge in [-0.1, -0.05) is 0 Å². The van der Waals surface area contributed by atoms with Gasteiger partial charge in [-0.2, -0.15) is 0 Å². The molecule has 3 N–H and O–H groups in total. The number of aromatic nitrogens is 2. The lowest BCUT2D eigenvalue weighted by atomic mass is 10.3. The molecule has 0 bridgehead atoms. The van der Waals surface area contributed by atoms with Gasteiger partial charge in [-0.15, -0.1) is 0 Å². The number of nitrogen functional groups attached to an aromatic ring is 1. The van der Waals surface area contributed by atoms with Crippen LogP contribution in [0.4, 0.5) is 11.5 Å². The van der Waals surface area contributed by atoms with E-state index in [1.807, 2.05) is 0 Å². The molecule has 0 aliphatic heterocycles. The van der Waals surface area contributed by atoms with Crippen LogP contribution in [0.2, 0.25) is 0 Å². The molecule has 0 aliphatic rings. The number of methoxy groups -OCH3 is 1. The Hall–Kier alpha value is -2.35. The molecule has 0 amide bonds. The number of anilines is 2. The number of nitrogens with one attached hydrogen (secondary N) is 1. The highest BCUT2D eigenvalue weighted by molar-refractivity contribution is 7.92. The average molecular weight is 280 g/mol. The fraction of sp³-hybridized carbons (Fsp3) is 0.0909. The van der Waals surface area contributed by atoms with Crippen LogP contribution in [0.15, 0.2) is 41.7 Å². The van der Waals surface area contributed by atoms with Crippen molar-refractivity contribution < 1.29 is 13.2 Å². The number of nitrogens with zero attached hydrogens (tertiary/aromatic N) is 2. The summed E-state index contributed by atoms with van der Waals surface area (Å²) in [5.74, 6) is 0.529. The molecular formula is C11H12N4O3S. The van der Waals surface area contributed by atoms with Gasteiger partial charge >= 0.3 is 0 Å². The van der Waals surface area contributed by atoms with Crippen LogP contribution >= 0.6 is 0 Å². The van der Waals surface area contributed by atoms with Crippen molar-refractivity contribution in [3.8, 4) is 5.75 Å². The molecule has 2 rings (SSSR count). The standard InChI is InChI=1S/C11H12N4O3S/c1-18-9-4-2-8(3-5-9)15-19(16,17)10-6-13-7-14-11(10)12/h2-7,15H,1H3,(H2,12,13,14). The van der Waals surface area contributed by atoms with Gasteiger partial charge in [0.15, 0.2) is 0 Å². The molecule has 0 fully saturated rings. The van der Waals surface area contributed by atoms with Crippen molar-refractivity contribution in [1.29, 1.82) is 0 Å². The van der Waals surface area contributed by atoms with E-state index in [-0.39, 0.29) is 10.7 Å². The zero-order valence-corrected chi connectivity index (χ0v) is 10.9. The van der Waals surface area contributed by atoms with E-state index in [9.17, 15) is 8.42 Å². The second kappa shape index (κ2) is 5.11. The van der Waals surface area contributed by atoms with Gasteiger partial charge < -0.3 is 10.5 Å². The Balaban J connectivity index is 2.28. The van der Waals surface area contributed by atoms with Crippen LogP contribution in [0.1, 0.15) is 0 Å². The third kappa shape index (κ3) is 2.91. The average Bonchev–Trinajstić information content (AvgIpc) is 2.39. The number of benzene rings is 1. The summed E-state index contributed by atoms with van der Waals surface area (Å²) < 4.78 is 31.5. The van der Waals surface area contributed by atoms with Crippen LogP contribution < -0.4 is 15.2 Å². The van der Waals surface area contributed by atoms with Crippen LogP contribution in [-0.4, -0.2) is 25.5 Å². The number of rotatable bonds is 4. The van der Waals surface area contributed by atoms with Gasteiger partial charge in [-0.25, -0.2) is 18.4 Å². The maximum atomic E-state index is 12.1. The molecule has 0 aliphatic carbocycles. The maximum Gasteiger partial charge on any atom is 0.267 e. The summed E-state index contributed by atoms with van der Waals surface area (Å²) in [5.41, 5.74) is 5.91. The topological polar surface area (TPSA) is 107 Å². The molecule has 0 atom stereocenters. The van der Waals surface area contributed by atoms with Crippen LogP contribution in [-0.2, 0) is 10.0 Å². The van der Waals surface area contributed by atoms with Gasteiger partial charge in [-0.05, 0) is 24.3 Å². The molecule has 8 heteroatoms. The Kier molecular flexibility index (Phi) is 3.52. The first-order valence-corrected chi connectivity index (χ1v) is 6.73. The zero-order chi connectivity index (χ0) is 13.9. The van der Waals surface area contributed by atoms with E-state index >= 15 is 0 Å². The summed E-state index contributed by atoms with van der Waals surface area (Å²) in [6, 6.07) is 6.44. The van der Waals surface area contributed by atoms with E-state index in [2.05, 4.69) is 14.7 Å². The summed E-state index contributed by atoms with van der Waals surface area (Å²) in [5, 5.41) is 0. The van der Waals surface area contributed by atoms with Crippen molar-refractivity contribution in [2.75, 3.05) is 17.6 Å². The lowest BCUT2D eigenvalue weighted by molar-refractivity contribution is 0.415. The van der Waals surface area contributed by atoms with Gasteiger partial charge in [0, 0.05) is 5.69 Å². The normalized spacial score (nSPS) is 11.0. The van der Waals surface area contributed by atoms with E-state index in [1.165, 1.54) is 13.4 Å². The van der Waals surface area contributed by atoms with Gasteiger partial charge in [0.1, 0.15) is 22.8 Å². The van der Waals surface area contributed by atoms with Crippen LogP contribution in [0, 0.1) is 0 Å². The minimum absolute atomic E-state index is 0.101. The second-order valence-electron chi connectivity index (χ2n) is 3.61. The molecule has 1 aromatic carbocycles. The fourth-order valence-electron chi connectivity index (χ4n) is 1.40. The van der Waals surface area contributed by atoms with E-state index < -0.39 is 10.0 Å². The van der Waals surface area contributed by atoms with Crippen LogP contribution in [0.25, 0.3) is 0 Å². The van der Waals surface area contributed by atoms with Crippen molar-refractivity contribution in [2.24, 2.45) is 0 Å². The van der Waals surface area contributed by atoms with Crippen molar-refractivity contribution in [3.05, 3.63) is 36.8 Å². The van der Waals surface area contributed by atoms with Gasteiger partial charge in [-0.3, -0.25) is 4.72 Å². The number of hydrogen-bond acceptors (Lipinski definition) is 6. The van der Waals surface area contributed by atoms with Crippen LogP contribution in [0.3, 0.4) is 0 Å². The summed E-state index contributed by atoms with van der Waals surface area (Å²) in [4.78, 5) is 7.13. The first kappa shape index (κ1) is 13.1. The third-order valence-corrected chi connectivity index (χ3v) is 3.74. The number of hydrogen-bond donors (Lipinski definition) is 2. The number of nitrogens with two attached hydrogens (primary N) is 1. The SMILES string of the molecule is COc1ccc(NS(=O)(=O)c2cncnc2N)cc1. The second-order valence-corrected chi connectivity index (χ2v) is 5.26. The van der Waals surface area contributed by atoms with E-state index in [1.54, 1.807) is 24.3 Å². The van der Waals surface area contributed by atoms with Gasteiger partial charge in [0.25, 0.3) is 10.0 Å². The Labute approximate surface area is 110 Å². The minimum Gasteiger partial charge on any atom is -0.497 e. The first-order valence-electron chi connectivity index (χ1n) is 5.25.